The molecule has 1 amide bonds. The van der Waals surface area contributed by atoms with Gasteiger partial charge < -0.3 is 19.7 Å². The molecule has 0 fully saturated rings. The van der Waals surface area contributed by atoms with Crippen LogP contribution in [0, 0.1) is 6.92 Å². The summed E-state index contributed by atoms with van der Waals surface area (Å²) >= 11 is 0. The molecule has 0 spiro atoms. The molecule has 5 heteroatoms. The Hall–Kier alpha value is -2.53. The second-order valence-corrected chi connectivity index (χ2v) is 6.79. The number of carbonyl (C=O) groups is 1. The monoisotopic (exact) mass is 370 g/mol. The summed E-state index contributed by atoms with van der Waals surface area (Å²) in [5.41, 5.74) is 2.23. The molecule has 0 bridgehead atoms. The van der Waals surface area contributed by atoms with Crippen molar-refractivity contribution < 1.29 is 14.3 Å². The number of likely N-dealkylation sites (N-methyl/N-ethyl adjacent to an activating group) is 1. The Morgan fingerprint density at radius 2 is 1.93 bits per heavy atom. The average Bonchev–Trinajstić information content (AvgIpc) is 2.65. The lowest BCUT2D eigenvalue weighted by Crippen LogP contribution is -2.34. The van der Waals surface area contributed by atoms with E-state index in [-0.39, 0.29) is 11.9 Å². The van der Waals surface area contributed by atoms with Gasteiger partial charge in [0.15, 0.2) is 0 Å². The van der Waals surface area contributed by atoms with E-state index in [4.69, 9.17) is 9.47 Å². The number of ether oxygens (including phenoxy) is 2. The lowest BCUT2D eigenvalue weighted by molar-refractivity contribution is -0.121. The third kappa shape index (κ3) is 6.61. The summed E-state index contributed by atoms with van der Waals surface area (Å²) in [4.78, 5) is 14.3. The number of hydrogen-bond acceptors (Lipinski definition) is 4. The van der Waals surface area contributed by atoms with Gasteiger partial charge in [-0.05, 0) is 51.2 Å². The molecule has 0 saturated heterocycles. The van der Waals surface area contributed by atoms with Crippen molar-refractivity contribution in [1.82, 2.24) is 10.2 Å². The van der Waals surface area contributed by atoms with Crippen LogP contribution < -0.4 is 14.8 Å². The highest BCUT2D eigenvalue weighted by molar-refractivity contribution is 5.75. The smallest absolute Gasteiger partial charge is 0.220 e. The van der Waals surface area contributed by atoms with E-state index in [1.165, 1.54) is 0 Å². The van der Waals surface area contributed by atoms with E-state index >= 15 is 0 Å². The molecule has 146 valence electrons. The number of rotatable bonds is 10. The first kappa shape index (κ1) is 20.8. The first-order valence-corrected chi connectivity index (χ1v) is 9.26. The van der Waals surface area contributed by atoms with Crippen LogP contribution in [0.5, 0.6) is 11.5 Å². The Balaban J connectivity index is 1.78. The van der Waals surface area contributed by atoms with Crippen LogP contribution in [-0.4, -0.2) is 45.2 Å². The highest BCUT2D eigenvalue weighted by atomic mass is 16.5. The lowest BCUT2D eigenvalue weighted by Gasteiger charge is -2.26. The van der Waals surface area contributed by atoms with Gasteiger partial charge in [-0.15, -0.1) is 0 Å². The Labute approximate surface area is 162 Å². The van der Waals surface area contributed by atoms with Gasteiger partial charge in [0.25, 0.3) is 0 Å². The van der Waals surface area contributed by atoms with E-state index in [0.717, 1.165) is 22.6 Å². The van der Waals surface area contributed by atoms with Crippen LogP contribution in [0.25, 0.3) is 0 Å². The van der Waals surface area contributed by atoms with Gasteiger partial charge in [-0.3, -0.25) is 4.79 Å². The standard InChI is InChI=1S/C22H30N2O3/c1-17-9-7-10-18(15-17)27-14-8-13-22(25)23-16-20(24(2)3)19-11-5-6-12-21(19)26-4/h5-7,9-12,15,20H,8,13-14,16H2,1-4H3,(H,23,25). The molecular weight excluding hydrogens is 340 g/mol. The van der Waals surface area contributed by atoms with Crippen molar-refractivity contribution in [2.24, 2.45) is 0 Å². The Morgan fingerprint density at radius 1 is 1.15 bits per heavy atom. The van der Waals surface area contributed by atoms with Gasteiger partial charge in [-0.1, -0.05) is 30.3 Å². The van der Waals surface area contributed by atoms with Gasteiger partial charge in [0.2, 0.25) is 5.91 Å². The van der Waals surface area contributed by atoms with E-state index in [0.29, 0.717) is 26.0 Å². The fraction of sp³-hybridized carbons (Fsp3) is 0.409. The maximum absolute atomic E-state index is 12.2. The van der Waals surface area contributed by atoms with E-state index in [2.05, 4.69) is 10.2 Å². The third-order valence-electron chi connectivity index (χ3n) is 4.42. The molecule has 1 unspecified atom stereocenters. The minimum atomic E-state index is 0.0320. The van der Waals surface area contributed by atoms with Crippen molar-refractivity contribution >= 4 is 5.91 Å². The molecule has 1 N–H and O–H groups in total. The molecule has 2 aromatic rings. The van der Waals surface area contributed by atoms with Gasteiger partial charge in [0, 0.05) is 18.5 Å². The molecule has 0 saturated carbocycles. The molecule has 5 nitrogen and oxygen atoms in total. The number of amides is 1. The number of methoxy groups -OCH3 is 1. The lowest BCUT2D eigenvalue weighted by atomic mass is 10.0. The van der Waals surface area contributed by atoms with E-state index in [9.17, 15) is 4.79 Å². The number of hydrogen-bond donors (Lipinski definition) is 1. The predicted molar refractivity (Wildman–Crippen MR) is 108 cm³/mol. The summed E-state index contributed by atoms with van der Waals surface area (Å²) in [6.07, 6.45) is 1.12. The second kappa shape index (κ2) is 10.6. The Kier molecular flexibility index (Phi) is 8.14. The van der Waals surface area contributed by atoms with E-state index in [1.54, 1.807) is 7.11 Å². The highest BCUT2D eigenvalue weighted by Crippen LogP contribution is 2.27. The molecule has 2 rings (SSSR count). The molecule has 2 aromatic carbocycles. The van der Waals surface area contributed by atoms with Crippen molar-refractivity contribution in [3.63, 3.8) is 0 Å². The van der Waals surface area contributed by atoms with Gasteiger partial charge in [0.05, 0.1) is 19.8 Å². The normalized spacial score (nSPS) is 11.9. The number of nitrogens with one attached hydrogen (secondary N) is 1. The van der Waals surface area contributed by atoms with E-state index in [1.807, 2.05) is 69.6 Å². The van der Waals surface area contributed by atoms with Gasteiger partial charge in [0.1, 0.15) is 11.5 Å². The second-order valence-electron chi connectivity index (χ2n) is 6.79. The molecule has 0 aliphatic rings. The zero-order valence-electron chi connectivity index (χ0n) is 16.7. The Morgan fingerprint density at radius 3 is 2.63 bits per heavy atom. The molecule has 0 aliphatic heterocycles. The summed E-state index contributed by atoms with van der Waals surface area (Å²) in [5.74, 6) is 1.71. The number of nitrogens with zero attached hydrogens (tertiary/aromatic N) is 1. The van der Waals surface area contributed by atoms with E-state index < -0.39 is 0 Å². The van der Waals surface area contributed by atoms with Crippen LogP contribution in [0.15, 0.2) is 48.5 Å². The SMILES string of the molecule is COc1ccccc1C(CNC(=O)CCCOc1cccc(C)c1)N(C)C. The van der Waals surface area contributed by atoms with Crippen LogP contribution in [-0.2, 0) is 4.79 Å². The minimum absolute atomic E-state index is 0.0320. The highest BCUT2D eigenvalue weighted by Gasteiger charge is 2.18. The minimum Gasteiger partial charge on any atom is -0.496 e. The van der Waals surface area contributed by atoms with Crippen LogP contribution in [0.4, 0.5) is 0 Å². The summed E-state index contributed by atoms with van der Waals surface area (Å²) in [6.45, 7) is 3.09. The number of aryl methyl sites for hydroxylation is 1. The summed E-state index contributed by atoms with van der Waals surface area (Å²) < 4.78 is 11.2. The molecule has 0 aliphatic carbocycles. The maximum atomic E-state index is 12.2. The summed E-state index contributed by atoms with van der Waals surface area (Å²) in [7, 11) is 5.66. The topological polar surface area (TPSA) is 50.8 Å². The first-order chi connectivity index (χ1) is 13.0. The van der Waals surface area contributed by atoms with Gasteiger partial charge >= 0.3 is 0 Å². The van der Waals surface area contributed by atoms with Crippen molar-refractivity contribution in [3.05, 3.63) is 59.7 Å². The largest absolute Gasteiger partial charge is 0.496 e. The molecule has 1 atom stereocenters. The van der Waals surface area contributed by atoms with Crippen molar-refractivity contribution in [2.75, 3.05) is 34.4 Å². The quantitative estimate of drug-likeness (QED) is 0.650. The van der Waals surface area contributed by atoms with Crippen LogP contribution in [0.1, 0.15) is 30.0 Å². The summed E-state index contributed by atoms with van der Waals surface area (Å²) in [5, 5.41) is 3.03. The molecule has 0 aromatic heterocycles. The maximum Gasteiger partial charge on any atom is 0.220 e. The molecular formula is C22H30N2O3. The Bertz CT molecular complexity index is 731. The van der Waals surface area contributed by atoms with Crippen molar-refractivity contribution in [3.8, 4) is 11.5 Å². The fourth-order valence-corrected chi connectivity index (χ4v) is 2.94. The summed E-state index contributed by atoms with van der Waals surface area (Å²) in [6, 6.07) is 15.9. The first-order valence-electron chi connectivity index (χ1n) is 9.26. The van der Waals surface area contributed by atoms with Crippen molar-refractivity contribution in [2.45, 2.75) is 25.8 Å². The number of para-hydroxylation sites is 1. The number of benzene rings is 2. The third-order valence-corrected chi connectivity index (χ3v) is 4.42. The molecule has 0 radical (unpaired) electrons. The average molecular weight is 370 g/mol. The van der Waals surface area contributed by atoms with Gasteiger partial charge in [-0.2, -0.15) is 0 Å². The molecule has 0 heterocycles. The van der Waals surface area contributed by atoms with Gasteiger partial charge in [-0.25, -0.2) is 0 Å². The zero-order chi connectivity index (χ0) is 19.6. The van der Waals surface area contributed by atoms with Crippen molar-refractivity contribution in [1.29, 1.82) is 0 Å². The fourth-order valence-electron chi connectivity index (χ4n) is 2.94. The van der Waals surface area contributed by atoms with Crippen LogP contribution in [0.3, 0.4) is 0 Å². The van der Waals surface area contributed by atoms with Crippen LogP contribution in [0.2, 0.25) is 0 Å². The molecule has 27 heavy (non-hydrogen) atoms. The number of carbonyl (C=O) groups excluding carboxylic acids is 1. The van der Waals surface area contributed by atoms with Crippen LogP contribution >= 0.6 is 0 Å². The predicted octanol–water partition coefficient (Wildman–Crippen LogP) is 3.58. The zero-order valence-corrected chi connectivity index (χ0v) is 16.7.